The highest BCUT2D eigenvalue weighted by molar-refractivity contribution is 6.35. The van der Waals surface area contributed by atoms with Crippen LogP contribution in [0.15, 0.2) is 30.5 Å². The van der Waals surface area contributed by atoms with Crippen LogP contribution in [0.5, 0.6) is 0 Å². The summed E-state index contributed by atoms with van der Waals surface area (Å²) in [5, 5.41) is 5.35. The number of hydrogen-bond donors (Lipinski definition) is 1. The molecule has 1 N–H and O–H groups in total. The summed E-state index contributed by atoms with van der Waals surface area (Å²) in [4.78, 5) is 7.17. The van der Waals surface area contributed by atoms with Crippen molar-refractivity contribution in [1.29, 1.82) is 0 Å². The molecule has 0 amide bonds. The maximum absolute atomic E-state index is 6.30. The van der Waals surface area contributed by atoms with E-state index in [2.05, 4.69) is 27.3 Å². The van der Waals surface area contributed by atoms with E-state index in [0.717, 1.165) is 22.5 Å². The Morgan fingerprint density at radius 3 is 2.91 bits per heavy atom. The molecule has 2 aliphatic rings. The molecule has 116 valence electrons. The van der Waals surface area contributed by atoms with Crippen molar-refractivity contribution in [3.8, 4) is 0 Å². The van der Waals surface area contributed by atoms with Gasteiger partial charge < -0.3 is 5.32 Å². The van der Waals surface area contributed by atoms with Crippen molar-refractivity contribution in [2.45, 2.75) is 25.8 Å². The van der Waals surface area contributed by atoms with Crippen molar-refractivity contribution in [2.75, 3.05) is 26.2 Å². The van der Waals surface area contributed by atoms with Gasteiger partial charge in [-0.05, 0) is 68.1 Å². The Labute approximate surface area is 136 Å². The van der Waals surface area contributed by atoms with E-state index >= 15 is 0 Å². The van der Waals surface area contributed by atoms with Gasteiger partial charge >= 0.3 is 0 Å². The Kier molecular flexibility index (Phi) is 3.81. The first-order chi connectivity index (χ1) is 10.8. The Morgan fingerprint density at radius 2 is 2.05 bits per heavy atom. The van der Waals surface area contributed by atoms with Crippen molar-refractivity contribution in [3.63, 3.8) is 0 Å². The number of hydrogen-bond acceptors (Lipinski definition) is 3. The van der Waals surface area contributed by atoms with Crippen LogP contribution < -0.4 is 5.32 Å². The summed E-state index contributed by atoms with van der Waals surface area (Å²) in [5.41, 5.74) is 2.91. The monoisotopic (exact) mass is 315 g/mol. The lowest BCUT2D eigenvalue weighted by molar-refractivity contribution is 0.194. The van der Waals surface area contributed by atoms with Gasteiger partial charge in [-0.3, -0.25) is 9.88 Å². The van der Waals surface area contributed by atoms with E-state index in [-0.39, 0.29) is 0 Å². The number of benzene rings is 1. The molecule has 4 heteroatoms. The van der Waals surface area contributed by atoms with Crippen LogP contribution in [0.25, 0.3) is 10.9 Å². The smallest absolute Gasteiger partial charge is 0.0761 e. The van der Waals surface area contributed by atoms with Gasteiger partial charge in [0.2, 0.25) is 0 Å². The number of likely N-dealkylation sites (tertiary alicyclic amines) is 1. The van der Waals surface area contributed by atoms with Gasteiger partial charge in [-0.1, -0.05) is 17.7 Å². The molecule has 22 heavy (non-hydrogen) atoms. The van der Waals surface area contributed by atoms with Gasteiger partial charge in [-0.15, -0.1) is 0 Å². The topological polar surface area (TPSA) is 28.2 Å². The number of nitrogens with zero attached hydrogens (tertiary/aromatic N) is 2. The normalized spacial score (nSPS) is 21.7. The largest absolute Gasteiger partial charge is 0.317 e. The maximum Gasteiger partial charge on any atom is 0.0761 e. The number of rotatable bonds is 2. The number of nitrogens with one attached hydrogen (secondary N) is 1. The van der Waals surface area contributed by atoms with Crippen LogP contribution in [0.2, 0.25) is 5.02 Å². The zero-order chi connectivity index (χ0) is 15.0. The summed E-state index contributed by atoms with van der Waals surface area (Å²) in [5.74, 6) is 0. The number of aromatic nitrogens is 1. The third kappa shape index (κ3) is 2.62. The number of fused-ring (bicyclic) bond motifs is 1. The lowest BCUT2D eigenvalue weighted by atomic mass is 9.78. The van der Waals surface area contributed by atoms with Crippen LogP contribution in [-0.2, 0) is 6.54 Å². The highest BCUT2D eigenvalue weighted by atomic mass is 35.5. The van der Waals surface area contributed by atoms with Gasteiger partial charge in [0.05, 0.1) is 5.52 Å². The highest BCUT2D eigenvalue weighted by Gasteiger charge is 2.38. The third-order valence-electron chi connectivity index (χ3n) is 5.38. The maximum atomic E-state index is 6.30. The summed E-state index contributed by atoms with van der Waals surface area (Å²) >= 11 is 6.30. The molecule has 1 spiro atoms. The Balaban J connectivity index is 1.56. The molecule has 1 aromatic carbocycles. The van der Waals surface area contributed by atoms with Gasteiger partial charge in [0, 0.05) is 29.7 Å². The average molecular weight is 316 g/mol. The molecule has 0 unspecified atom stereocenters. The summed E-state index contributed by atoms with van der Waals surface area (Å²) in [6, 6.07) is 8.17. The summed E-state index contributed by atoms with van der Waals surface area (Å²) < 4.78 is 0. The fraction of sp³-hybridized carbons (Fsp3) is 0.500. The van der Waals surface area contributed by atoms with E-state index in [0.29, 0.717) is 5.41 Å². The molecule has 3 nitrogen and oxygen atoms in total. The molecule has 0 radical (unpaired) electrons. The summed E-state index contributed by atoms with van der Waals surface area (Å²) in [6.07, 6.45) is 5.85. The van der Waals surface area contributed by atoms with E-state index in [4.69, 9.17) is 11.6 Å². The predicted octanol–water partition coefficient (Wildman–Crippen LogP) is 3.46. The average Bonchev–Trinajstić information content (AvgIpc) is 2.93. The SMILES string of the molecule is Clc1ccc(CN2CCC3(CCNCC3)C2)c2ncccc12. The Bertz CT molecular complexity index is 679. The fourth-order valence-electron chi connectivity index (χ4n) is 4.09. The van der Waals surface area contributed by atoms with Gasteiger partial charge in [0.25, 0.3) is 0 Å². The molecule has 3 heterocycles. The molecule has 1 aromatic heterocycles. The van der Waals surface area contributed by atoms with Crippen LogP contribution in [0.1, 0.15) is 24.8 Å². The molecule has 0 aliphatic carbocycles. The van der Waals surface area contributed by atoms with Gasteiger partial charge in [0.15, 0.2) is 0 Å². The first-order valence-electron chi connectivity index (χ1n) is 8.21. The van der Waals surface area contributed by atoms with E-state index in [1.807, 2.05) is 18.3 Å². The van der Waals surface area contributed by atoms with Crippen molar-refractivity contribution < 1.29 is 0 Å². The molecular weight excluding hydrogens is 294 g/mol. The molecule has 0 atom stereocenters. The minimum absolute atomic E-state index is 0.556. The molecule has 2 aromatic rings. The van der Waals surface area contributed by atoms with Crippen LogP contribution in [-0.4, -0.2) is 36.1 Å². The quantitative estimate of drug-likeness (QED) is 0.920. The predicted molar refractivity (Wildman–Crippen MR) is 91.2 cm³/mol. The summed E-state index contributed by atoms with van der Waals surface area (Å²) in [7, 11) is 0. The number of piperidine rings is 1. The van der Waals surface area contributed by atoms with Crippen LogP contribution in [0.3, 0.4) is 0 Å². The number of pyridine rings is 1. The zero-order valence-corrected chi connectivity index (χ0v) is 13.6. The number of halogens is 1. The van der Waals surface area contributed by atoms with E-state index in [9.17, 15) is 0 Å². The van der Waals surface area contributed by atoms with Crippen molar-refractivity contribution in [1.82, 2.24) is 15.2 Å². The van der Waals surface area contributed by atoms with E-state index in [1.54, 1.807) is 0 Å². The van der Waals surface area contributed by atoms with E-state index in [1.165, 1.54) is 51.0 Å². The minimum atomic E-state index is 0.556. The first kappa shape index (κ1) is 14.4. The molecule has 4 rings (SSSR count). The van der Waals surface area contributed by atoms with Crippen molar-refractivity contribution in [3.05, 3.63) is 41.0 Å². The second-order valence-corrected chi connectivity index (χ2v) is 7.22. The molecule has 0 saturated carbocycles. The lowest BCUT2D eigenvalue weighted by Crippen LogP contribution is -2.38. The molecule has 2 aliphatic heterocycles. The van der Waals surface area contributed by atoms with E-state index < -0.39 is 0 Å². The van der Waals surface area contributed by atoms with Crippen LogP contribution in [0, 0.1) is 5.41 Å². The fourth-order valence-corrected chi connectivity index (χ4v) is 4.31. The molecule has 0 bridgehead atoms. The Hall–Kier alpha value is -1.16. The standard InChI is InChI=1S/C18H22ClN3/c19-16-4-3-14(17-15(16)2-1-8-21-17)12-22-11-7-18(13-22)5-9-20-10-6-18/h1-4,8,20H,5-7,9-13H2. The summed E-state index contributed by atoms with van der Waals surface area (Å²) in [6.45, 7) is 5.78. The van der Waals surface area contributed by atoms with Gasteiger partial charge in [-0.25, -0.2) is 0 Å². The van der Waals surface area contributed by atoms with Crippen molar-refractivity contribution >= 4 is 22.5 Å². The second-order valence-electron chi connectivity index (χ2n) is 6.82. The van der Waals surface area contributed by atoms with Gasteiger partial charge in [0.1, 0.15) is 0 Å². The zero-order valence-electron chi connectivity index (χ0n) is 12.8. The molecular formula is C18H22ClN3. The molecule has 2 fully saturated rings. The van der Waals surface area contributed by atoms with Crippen LogP contribution >= 0.6 is 11.6 Å². The first-order valence-corrected chi connectivity index (χ1v) is 8.59. The second kappa shape index (κ2) is 5.80. The van der Waals surface area contributed by atoms with Crippen molar-refractivity contribution in [2.24, 2.45) is 5.41 Å². The highest BCUT2D eigenvalue weighted by Crippen LogP contribution is 2.39. The Morgan fingerprint density at radius 1 is 1.18 bits per heavy atom. The minimum Gasteiger partial charge on any atom is -0.317 e. The van der Waals surface area contributed by atoms with Crippen LogP contribution in [0.4, 0.5) is 0 Å². The van der Waals surface area contributed by atoms with Gasteiger partial charge in [-0.2, -0.15) is 0 Å². The third-order valence-corrected chi connectivity index (χ3v) is 5.71. The lowest BCUT2D eigenvalue weighted by Gasteiger charge is -2.34. The molecule has 2 saturated heterocycles.